The Hall–Kier alpha value is -1.43. The number of ether oxygens (including phenoxy) is 1. The maximum atomic E-state index is 12.7. The van der Waals surface area contributed by atoms with Gasteiger partial charge in [0.05, 0.1) is 7.11 Å². The second kappa shape index (κ2) is 5.89. The lowest BCUT2D eigenvalue weighted by Crippen LogP contribution is -2.61. The van der Waals surface area contributed by atoms with E-state index in [1.807, 2.05) is 37.3 Å². The molecule has 126 valence electrons. The Morgan fingerprint density at radius 1 is 1.13 bits per heavy atom. The minimum atomic E-state index is -1.63. The molecule has 0 spiro atoms. The van der Waals surface area contributed by atoms with Crippen molar-refractivity contribution >= 4 is 5.97 Å². The van der Waals surface area contributed by atoms with Gasteiger partial charge in [0, 0.05) is 12.8 Å². The number of esters is 1. The van der Waals surface area contributed by atoms with Crippen LogP contribution in [0.3, 0.4) is 0 Å². The molecule has 23 heavy (non-hydrogen) atoms. The summed E-state index contributed by atoms with van der Waals surface area (Å²) in [5.74, 6) is -2.06. The number of carbonyl (C=O) groups is 1. The van der Waals surface area contributed by atoms with Gasteiger partial charge in [0.1, 0.15) is 11.0 Å². The van der Waals surface area contributed by atoms with Crippen molar-refractivity contribution in [1.29, 1.82) is 0 Å². The van der Waals surface area contributed by atoms with E-state index in [0.29, 0.717) is 19.3 Å². The van der Waals surface area contributed by atoms with Crippen molar-refractivity contribution in [2.24, 2.45) is 5.41 Å². The van der Waals surface area contributed by atoms with Crippen LogP contribution in [-0.4, -0.2) is 24.0 Å². The van der Waals surface area contributed by atoms with Crippen LogP contribution < -0.4 is 0 Å². The molecule has 2 fully saturated rings. The lowest BCUT2D eigenvalue weighted by Gasteiger charge is -2.51. The first kappa shape index (κ1) is 16.4. The average molecular weight is 320 g/mol. The Bertz CT molecular complexity index is 574. The zero-order valence-electron chi connectivity index (χ0n) is 13.7. The number of hydrogen-bond acceptors (Lipinski definition) is 5. The van der Waals surface area contributed by atoms with Crippen LogP contribution in [0.15, 0.2) is 30.3 Å². The quantitative estimate of drug-likeness (QED) is 0.670. The van der Waals surface area contributed by atoms with E-state index in [1.54, 1.807) is 0 Å². The monoisotopic (exact) mass is 320 g/mol. The maximum Gasteiger partial charge on any atom is 0.317 e. The second-order valence-corrected chi connectivity index (χ2v) is 6.86. The molecule has 1 aromatic rings. The molecule has 1 saturated carbocycles. The molecular weight excluding hydrogens is 296 g/mol. The number of carbonyl (C=O) groups excluding carboxylic acids is 1. The van der Waals surface area contributed by atoms with Crippen molar-refractivity contribution in [3.05, 3.63) is 35.9 Å². The molecule has 1 aliphatic carbocycles. The molecule has 1 aromatic carbocycles. The Morgan fingerprint density at radius 2 is 1.83 bits per heavy atom. The Kier molecular flexibility index (Phi) is 4.21. The van der Waals surface area contributed by atoms with E-state index in [-0.39, 0.29) is 0 Å². The molecule has 2 aliphatic rings. The molecule has 5 nitrogen and oxygen atoms in total. The summed E-state index contributed by atoms with van der Waals surface area (Å²) in [4.78, 5) is 23.8. The Balaban J connectivity index is 2.04. The SMILES string of the molecule is COC(=O)C12CCCCCC1(O)OOC(C)(c1ccccc1)C2. The number of aliphatic hydroxyl groups is 1. The van der Waals surface area contributed by atoms with Gasteiger partial charge in [-0.1, -0.05) is 43.2 Å². The molecule has 1 N–H and O–H groups in total. The van der Waals surface area contributed by atoms with Gasteiger partial charge in [0.2, 0.25) is 5.79 Å². The first-order chi connectivity index (χ1) is 11.0. The first-order valence-corrected chi connectivity index (χ1v) is 8.19. The van der Waals surface area contributed by atoms with Gasteiger partial charge in [-0.2, -0.15) is 4.89 Å². The van der Waals surface area contributed by atoms with E-state index in [4.69, 9.17) is 14.5 Å². The van der Waals surface area contributed by atoms with Crippen molar-refractivity contribution in [3.63, 3.8) is 0 Å². The standard InChI is InChI=1S/C18H24O5/c1-16(14-9-5-3-6-10-14)13-17(15(19)21-2)11-7-4-8-12-18(17,20)23-22-16/h3,5-6,9-10,20H,4,7-8,11-13H2,1-2H3. The fourth-order valence-corrected chi connectivity index (χ4v) is 3.99. The predicted octanol–water partition coefficient (Wildman–Crippen LogP) is 3.07. The molecule has 1 heterocycles. The molecule has 3 unspecified atom stereocenters. The minimum Gasteiger partial charge on any atom is -0.468 e. The minimum absolute atomic E-state index is 0.327. The highest BCUT2D eigenvalue weighted by atomic mass is 17.2. The predicted molar refractivity (Wildman–Crippen MR) is 83.1 cm³/mol. The van der Waals surface area contributed by atoms with Gasteiger partial charge in [-0.15, -0.1) is 0 Å². The molecule has 0 aromatic heterocycles. The average Bonchev–Trinajstić information content (AvgIpc) is 2.74. The molecular formula is C18H24O5. The van der Waals surface area contributed by atoms with Crippen molar-refractivity contribution < 1.29 is 24.4 Å². The topological polar surface area (TPSA) is 65.0 Å². The van der Waals surface area contributed by atoms with Crippen LogP contribution in [0.2, 0.25) is 0 Å². The van der Waals surface area contributed by atoms with Gasteiger partial charge in [-0.3, -0.25) is 4.79 Å². The zero-order chi connectivity index (χ0) is 16.6. The highest BCUT2D eigenvalue weighted by molar-refractivity contribution is 5.78. The smallest absolute Gasteiger partial charge is 0.317 e. The number of benzene rings is 1. The number of fused-ring (bicyclic) bond motifs is 1. The van der Waals surface area contributed by atoms with E-state index in [9.17, 15) is 9.90 Å². The third-order valence-electron chi connectivity index (χ3n) is 5.33. The first-order valence-electron chi connectivity index (χ1n) is 8.19. The largest absolute Gasteiger partial charge is 0.468 e. The van der Waals surface area contributed by atoms with E-state index in [1.165, 1.54) is 7.11 Å². The van der Waals surface area contributed by atoms with Crippen LogP contribution in [0.25, 0.3) is 0 Å². The summed E-state index contributed by atoms with van der Waals surface area (Å²) < 4.78 is 5.07. The summed E-state index contributed by atoms with van der Waals surface area (Å²) in [6.45, 7) is 1.89. The highest BCUT2D eigenvalue weighted by Crippen LogP contribution is 2.56. The second-order valence-electron chi connectivity index (χ2n) is 6.86. The van der Waals surface area contributed by atoms with Gasteiger partial charge in [-0.25, -0.2) is 4.89 Å². The van der Waals surface area contributed by atoms with Crippen LogP contribution in [0.5, 0.6) is 0 Å². The van der Waals surface area contributed by atoms with Gasteiger partial charge < -0.3 is 9.84 Å². The summed E-state index contributed by atoms with van der Waals surface area (Å²) in [7, 11) is 1.36. The van der Waals surface area contributed by atoms with Crippen molar-refractivity contribution in [2.45, 2.75) is 56.8 Å². The van der Waals surface area contributed by atoms with Crippen molar-refractivity contribution in [2.75, 3.05) is 7.11 Å². The molecule has 3 rings (SSSR count). The molecule has 1 aliphatic heterocycles. The van der Waals surface area contributed by atoms with Crippen LogP contribution in [-0.2, 0) is 24.9 Å². The number of methoxy groups -OCH3 is 1. The lowest BCUT2D eigenvalue weighted by molar-refractivity contribution is -0.516. The van der Waals surface area contributed by atoms with E-state index < -0.39 is 22.8 Å². The molecule has 1 saturated heterocycles. The summed E-state index contributed by atoms with van der Waals surface area (Å²) in [5.41, 5.74) is -1.01. The third kappa shape index (κ3) is 2.57. The Morgan fingerprint density at radius 3 is 2.52 bits per heavy atom. The van der Waals surface area contributed by atoms with Gasteiger partial charge in [0.15, 0.2) is 0 Å². The summed E-state index contributed by atoms with van der Waals surface area (Å²) in [5, 5.41) is 11.1. The van der Waals surface area contributed by atoms with Crippen LogP contribution in [0.1, 0.15) is 51.0 Å². The van der Waals surface area contributed by atoms with Crippen LogP contribution in [0, 0.1) is 5.41 Å². The van der Waals surface area contributed by atoms with E-state index in [0.717, 1.165) is 24.8 Å². The van der Waals surface area contributed by atoms with E-state index >= 15 is 0 Å². The van der Waals surface area contributed by atoms with Crippen molar-refractivity contribution in [3.8, 4) is 0 Å². The normalized spacial score (nSPS) is 37.5. The summed E-state index contributed by atoms with van der Waals surface area (Å²) >= 11 is 0. The van der Waals surface area contributed by atoms with Crippen LogP contribution >= 0.6 is 0 Å². The fraction of sp³-hybridized carbons (Fsp3) is 0.611. The van der Waals surface area contributed by atoms with E-state index in [2.05, 4.69) is 0 Å². The molecule has 0 amide bonds. The molecule has 0 bridgehead atoms. The highest BCUT2D eigenvalue weighted by Gasteiger charge is 2.65. The van der Waals surface area contributed by atoms with Gasteiger partial charge in [0.25, 0.3) is 0 Å². The van der Waals surface area contributed by atoms with Gasteiger partial charge in [-0.05, 0) is 25.3 Å². The number of hydrogen-bond donors (Lipinski definition) is 1. The lowest BCUT2D eigenvalue weighted by atomic mass is 9.66. The molecule has 0 radical (unpaired) electrons. The Labute approximate surface area is 136 Å². The van der Waals surface area contributed by atoms with Crippen molar-refractivity contribution in [1.82, 2.24) is 0 Å². The van der Waals surface area contributed by atoms with Crippen LogP contribution in [0.4, 0.5) is 0 Å². The van der Waals surface area contributed by atoms with Gasteiger partial charge >= 0.3 is 5.97 Å². The zero-order valence-corrected chi connectivity index (χ0v) is 13.7. The molecule has 5 heteroatoms. The fourth-order valence-electron chi connectivity index (χ4n) is 3.99. The summed E-state index contributed by atoms with van der Waals surface area (Å²) in [6.07, 6.45) is 3.82. The maximum absolute atomic E-state index is 12.7. The third-order valence-corrected chi connectivity index (χ3v) is 5.33. The molecule has 3 atom stereocenters. The number of rotatable bonds is 2. The summed E-state index contributed by atoms with van der Waals surface area (Å²) in [6, 6.07) is 9.64.